The highest BCUT2D eigenvalue weighted by Gasteiger charge is 2.17. The van der Waals surface area contributed by atoms with E-state index in [1.807, 2.05) is 18.2 Å². The van der Waals surface area contributed by atoms with Crippen molar-refractivity contribution >= 4 is 11.6 Å². The first kappa shape index (κ1) is 14.3. The minimum atomic E-state index is -0.179. The van der Waals surface area contributed by atoms with Crippen LogP contribution in [0.3, 0.4) is 0 Å². The second-order valence-corrected chi connectivity index (χ2v) is 5.84. The first-order valence-electron chi connectivity index (χ1n) is 7.26. The van der Waals surface area contributed by atoms with Gasteiger partial charge in [0.05, 0.1) is 18.6 Å². The average molecular weight is 303 g/mol. The Labute approximate surface area is 130 Å². The molecule has 0 aliphatic carbocycles. The van der Waals surface area contributed by atoms with Gasteiger partial charge in [-0.3, -0.25) is 0 Å². The fraction of sp³-hybridized carbons (Fsp3) is 0.333. The molecule has 1 aliphatic heterocycles. The Balaban J connectivity index is 1.96. The number of fused-ring (bicyclic) bond motifs is 1. The molecule has 1 aliphatic rings. The van der Waals surface area contributed by atoms with E-state index in [1.54, 1.807) is 0 Å². The molecule has 0 amide bonds. The van der Waals surface area contributed by atoms with E-state index in [2.05, 4.69) is 32.0 Å². The maximum Gasteiger partial charge on any atom is 0.161 e. The summed E-state index contributed by atoms with van der Waals surface area (Å²) in [6.45, 7) is 5.61. The highest BCUT2D eigenvalue weighted by Crippen LogP contribution is 2.37. The fourth-order valence-electron chi connectivity index (χ4n) is 2.57. The average Bonchev–Trinajstić information content (AvgIpc) is 2.74. The van der Waals surface area contributed by atoms with Crippen LogP contribution < -0.4 is 9.47 Å². The van der Waals surface area contributed by atoms with E-state index in [0.717, 1.165) is 29.0 Å². The van der Waals surface area contributed by atoms with Gasteiger partial charge in [0.1, 0.15) is 0 Å². The highest BCUT2D eigenvalue weighted by atomic mass is 35.5. The van der Waals surface area contributed by atoms with Crippen LogP contribution in [0.5, 0.6) is 11.5 Å². The monoisotopic (exact) mass is 302 g/mol. The Kier molecular flexibility index (Phi) is 4.07. The second-order valence-electron chi connectivity index (χ2n) is 5.41. The lowest BCUT2D eigenvalue weighted by atomic mass is 9.97. The third-order valence-electron chi connectivity index (χ3n) is 3.98. The molecule has 2 nitrogen and oxygen atoms in total. The van der Waals surface area contributed by atoms with Gasteiger partial charge < -0.3 is 9.47 Å². The molecule has 0 aromatic heterocycles. The molecule has 21 heavy (non-hydrogen) atoms. The van der Waals surface area contributed by atoms with Crippen molar-refractivity contribution < 1.29 is 9.47 Å². The Morgan fingerprint density at radius 1 is 1.00 bits per heavy atom. The van der Waals surface area contributed by atoms with Crippen LogP contribution in [0.25, 0.3) is 0 Å². The van der Waals surface area contributed by atoms with Gasteiger partial charge in [0, 0.05) is 6.42 Å². The van der Waals surface area contributed by atoms with Crippen LogP contribution in [0.1, 0.15) is 34.1 Å². The van der Waals surface area contributed by atoms with Crippen molar-refractivity contribution in [1.82, 2.24) is 0 Å². The molecular formula is C18H19ClO2. The molecule has 2 aromatic rings. The van der Waals surface area contributed by atoms with Crippen molar-refractivity contribution in [3.05, 3.63) is 58.7 Å². The maximum atomic E-state index is 6.70. The van der Waals surface area contributed by atoms with Crippen molar-refractivity contribution in [2.75, 3.05) is 13.2 Å². The minimum absolute atomic E-state index is 0.179. The molecule has 1 unspecified atom stereocenters. The van der Waals surface area contributed by atoms with Crippen LogP contribution in [0.2, 0.25) is 0 Å². The topological polar surface area (TPSA) is 18.5 Å². The van der Waals surface area contributed by atoms with Crippen molar-refractivity contribution in [3.8, 4) is 11.5 Å². The molecule has 0 saturated heterocycles. The van der Waals surface area contributed by atoms with Gasteiger partial charge in [-0.1, -0.05) is 24.3 Å². The van der Waals surface area contributed by atoms with Crippen LogP contribution in [0.15, 0.2) is 36.4 Å². The first-order chi connectivity index (χ1) is 10.2. The van der Waals surface area contributed by atoms with E-state index in [1.165, 1.54) is 11.1 Å². The number of ether oxygens (including phenoxy) is 2. The molecule has 3 heteroatoms. The lowest BCUT2D eigenvalue weighted by Crippen LogP contribution is -1.99. The minimum Gasteiger partial charge on any atom is -0.490 e. The predicted octanol–water partition coefficient (Wildman–Crippen LogP) is 4.79. The molecule has 0 bridgehead atoms. The van der Waals surface area contributed by atoms with E-state index in [9.17, 15) is 0 Å². The molecule has 2 aromatic carbocycles. The van der Waals surface area contributed by atoms with Crippen LogP contribution >= 0.6 is 11.6 Å². The SMILES string of the molecule is Cc1cccc(C(Cl)c2ccc3c(c2)OCCCO3)c1C. The zero-order valence-corrected chi connectivity index (χ0v) is 13.1. The molecule has 0 radical (unpaired) electrons. The summed E-state index contributed by atoms with van der Waals surface area (Å²) < 4.78 is 11.4. The van der Waals surface area contributed by atoms with Crippen molar-refractivity contribution in [2.45, 2.75) is 25.6 Å². The van der Waals surface area contributed by atoms with E-state index in [0.29, 0.717) is 13.2 Å². The number of halogens is 1. The maximum absolute atomic E-state index is 6.70. The smallest absolute Gasteiger partial charge is 0.161 e. The van der Waals surface area contributed by atoms with Crippen molar-refractivity contribution in [3.63, 3.8) is 0 Å². The molecule has 0 N–H and O–H groups in total. The zero-order chi connectivity index (χ0) is 14.8. The molecule has 110 valence electrons. The molecule has 1 heterocycles. The summed E-state index contributed by atoms with van der Waals surface area (Å²) in [5.74, 6) is 1.60. The van der Waals surface area contributed by atoms with Gasteiger partial charge in [0.25, 0.3) is 0 Å². The third kappa shape index (κ3) is 2.86. The van der Waals surface area contributed by atoms with Gasteiger partial charge in [-0.05, 0) is 48.2 Å². The number of rotatable bonds is 2. The first-order valence-corrected chi connectivity index (χ1v) is 7.70. The van der Waals surface area contributed by atoms with E-state index in [4.69, 9.17) is 21.1 Å². The molecular weight excluding hydrogens is 284 g/mol. The van der Waals surface area contributed by atoms with Gasteiger partial charge in [-0.25, -0.2) is 0 Å². The molecule has 1 atom stereocenters. The van der Waals surface area contributed by atoms with Gasteiger partial charge in [0.15, 0.2) is 11.5 Å². The Hall–Kier alpha value is -1.67. The molecule has 0 spiro atoms. The van der Waals surface area contributed by atoms with Gasteiger partial charge in [-0.15, -0.1) is 11.6 Å². The summed E-state index contributed by atoms with van der Waals surface area (Å²) in [4.78, 5) is 0. The number of benzene rings is 2. The van der Waals surface area contributed by atoms with E-state index < -0.39 is 0 Å². The largest absolute Gasteiger partial charge is 0.490 e. The Morgan fingerprint density at radius 2 is 1.76 bits per heavy atom. The summed E-state index contributed by atoms with van der Waals surface area (Å²) >= 11 is 6.70. The van der Waals surface area contributed by atoms with E-state index >= 15 is 0 Å². The Morgan fingerprint density at radius 3 is 2.57 bits per heavy atom. The summed E-state index contributed by atoms with van der Waals surface area (Å²) in [5, 5.41) is -0.179. The number of hydrogen-bond donors (Lipinski definition) is 0. The van der Waals surface area contributed by atoms with Gasteiger partial charge in [0.2, 0.25) is 0 Å². The lowest BCUT2D eigenvalue weighted by molar-refractivity contribution is 0.297. The summed E-state index contributed by atoms with van der Waals surface area (Å²) in [5.41, 5.74) is 4.68. The number of aryl methyl sites for hydroxylation is 1. The highest BCUT2D eigenvalue weighted by molar-refractivity contribution is 6.22. The number of hydrogen-bond acceptors (Lipinski definition) is 2. The summed E-state index contributed by atoms with van der Waals surface area (Å²) in [6, 6.07) is 12.2. The van der Waals surface area contributed by atoms with Crippen LogP contribution in [-0.4, -0.2) is 13.2 Å². The van der Waals surface area contributed by atoms with E-state index in [-0.39, 0.29) is 5.38 Å². The van der Waals surface area contributed by atoms with Gasteiger partial charge in [-0.2, -0.15) is 0 Å². The second kappa shape index (κ2) is 5.98. The summed E-state index contributed by atoms with van der Waals surface area (Å²) in [7, 11) is 0. The third-order valence-corrected chi connectivity index (χ3v) is 4.47. The Bertz CT molecular complexity index is 652. The van der Waals surface area contributed by atoms with Crippen LogP contribution in [-0.2, 0) is 0 Å². The van der Waals surface area contributed by atoms with Gasteiger partial charge >= 0.3 is 0 Å². The predicted molar refractivity (Wildman–Crippen MR) is 85.7 cm³/mol. The quantitative estimate of drug-likeness (QED) is 0.742. The van der Waals surface area contributed by atoms with Crippen molar-refractivity contribution in [1.29, 1.82) is 0 Å². The van der Waals surface area contributed by atoms with Crippen LogP contribution in [0, 0.1) is 13.8 Å². The summed E-state index contributed by atoms with van der Waals surface area (Å²) in [6.07, 6.45) is 0.908. The fourth-order valence-corrected chi connectivity index (χ4v) is 2.94. The molecule has 3 rings (SSSR count). The standard InChI is InChI=1S/C18H19ClO2/c1-12-5-3-6-15(13(12)2)18(19)14-7-8-16-17(11-14)21-10-4-9-20-16/h3,5-8,11,18H,4,9-10H2,1-2H3. The van der Waals surface area contributed by atoms with Crippen LogP contribution in [0.4, 0.5) is 0 Å². The zero-order valence-electron chi connectivity index (χ0n) is 12.4. The number of alkyl halides is 1. The lowest BCUT2D eigenvalue weighted by Gasteiger charge is -2.16. The van der Waals surface area contributed by atoms with Crippen molar-refractivity contribution in [2.24, 2.45) is 0 Å². The molecule has 0 saturated carbocycles. The normalized spacial score (nSPS) is 15.4. The molecule has 0 fully saturated rings.